The largest absolute Gasteiger partial charge is 0.335 e. The summed E-state index contributed by atoms with van der Waals surface area (Å²) in [5.74, 6) is 6.47. The number of aryl methyl sites for hydroxylation is 2. The molecule has 1 aromatic rings. The van der Waals surface area contributed by atoms with Gasteiger partial charge in [0, 0.05) is 5.56 Å². The Morgan fingerprint density at radius 3 is 1.68 bits per heavy atom. The molecule has 0 aromatic heterocycles. The quantitative estimate of drug-likeness (QED) is 0.104. The molecule has 0 spiro atoms. The number of hydrogen-bond acceptors (Lipinski definition) is 3. The highest BCUT2D eigenvalue weighted by Crippen LogP contribution is 2.52. The summed E-state index contributed by atoms with van der Waals surface area (Å²) in [6, 6.07) is 4.54. The summed E-state index contributed by atoms with van der Waals surface area (Å²) >= 11 is 0. The molecule has 0 saturated heterocycles. The van der Waals surface area contributed by atoms with Crippen molar-refractivity contribution in [3.63, 3.8) is 0 Å². The molecule has 0 amide bonds. The van der Waals surface area contributed by atoms with Crippen LogP contribution in [-0.2, 0) is 32.6 Å². The van der Waals surface area contributed by atoms with Gasteiger partial charge in [-0.1, -0.05) is 90.0 Å². The molecule has 0 bridgehead atoms. The van der Waals surface area contributed by atoms with Crippen molar-refractivity contribution in [1.82, 2.24) is 0 Å². The number of hydrogen-bond donors (Lipinski definition) is 0. The van der Waals surface area contributed by atoms with Crippen molar-refractivity contribution in [3.8, 4) is 11.8 Å². The Balaban J connectivity index is 3.09. The van der Waals surface area contributed by atoms with Crippen molar-refractivity contribution in [2.24, 2.45) is 0 Å². The maximum absolute atomic E-state index is 13.4. The average Bonchev–Trinajstić information content (AvgIpc) is 2.80. The van der Waals surface area contributed by atoms with Gasteiger partial charge < -0.3 is 9.05 Å². The van der Waals surface area contributed by atoms with Crippen LogP contribution in [0.3, 0.4) is 0 Å². The molecule has 194 valence electrons. The molecular formula is C30H51O3P. The van der Waals surface area contributed by atoms with Gasteiger partial charge >= 0.3 is 7.60 Å². The van der Waals surface area contributed by atoms with Crippen LogP contribution in [0.5, 0.6) is 0 Å². The Hall–Kier alpha value is -1.07. The predicted octanol–water partition coefficient (Wildman–Crippen LogP) is 9.63. The van der Waals surface area contributed by atoms with Crippen molar-refractivity contribution >= 4 is 7.60 Å². The van der Waals surface area contributed by atoms with E-state index in [4.69, 9.17) is 9.05 Å². The summed E-state index contributed by atoms with van der Waals surface area (Å²) in [7, 11) is -3.15. The molecule has 0 radical (unpaired) electrons. The van der Waals surface area contributed by atoms with Crippen LogP contribution >= 0.6 is 7.60 Å². The van der Waals surface area contributed by atoms with E-state index >= 15 is 0 Å². The fourth-order valence-corrected chi connectivity index (χ4v) is 6.26. The minimum Gasteiger partial charge on any atom is -0.309 e. The van der Waals surface area contributed by atoms with Gasteiger partial charge in [-0.05, 0) is 69.2 Å². The van der Waals surface area contributed by atoms with Gasteiger partial charge in [0.15, 0.2) is 0 Å². The first kappa shape index (κ1) is 31.0. The molecular weight excluding hydrogens is 439 g/mol. The van der Waals surface area contributed by atoms with Crippen LogP contribution in [0.1, 0.15) is 134 Å². The third-order valence-corrected chi connectivity index (χ3v) is 8.33. The van der Waals surface area contributed by atoms with E-state index in [9.17, 15) is 4.57 Å². The van der Waals surface area contributed by atoms with E-state index < -0.39 is 7.60 Å². The first-order valence-electron chi connectivity index (χ1n) is 14.0. The minimum atomic E-state index is -3.15. The second-order valence-electron chi connectivity index (χ2n) is 9.29. The Labute approximate surface area is 211 Å². The van der Waals surface area contributed by atoms with Gasteiger partial charge in [-0.3, -0.25) is 4.57 Å². The number of rotatable bonds is 20. The highest BCUT2D eigenvalue weighted by atomic mass is 31.2. The van der Waals surface area contributed by atoms with Crippen LogP contribution < -0.4 is 0 Å². The van der Waals surface area contributed by atoms with Gasteiger partial charge in [0.25, 0.3) is 0 Å². The second-order valence-corrected chi connectivity index (χ2v) is 11.3. The summed E-state index contributed by atoms with van der Waals surface area (Å²) in [4.78, 5) is 0. The molecule has 0 aliphatic heterocycles. The topological polar surface area (TPSA) is 35.5 Å². The molecule has 3 nitrogen and oxygen atoms in total. The maximum atomic E-state index is 13.4. The maximum Gasteiger partial charge on any atom is 0.335 e. The fraction of sp³-hybridized carbons (Fsp3) is 0.733. The molecule has 0 unspecified atom stereocenters. The van der Waals surface area contributed by atoms with Crippen molar-refractivity contribution < 1.29 is 13.6 Å². The molecule has 4 heteroatoms. The van der Waals surface area contributed by atoms with Crippen LogP contribution in [0.25, 0.3) is 0 Å². The van der Waals surface area contributed by atoms with E-state index in [0.717, 1.165) is 30.4 Å². The predicted molar refractivity (Wildman–Crippen MR) is 148 cm³/mol. The van der Waals surface area contributed by atoms with Crippen molar-refractivity contribution in [3.05, 3.63) is 34.4 Å². The van der Waals surface area contributed by atoms with Gasteiger partial charge in [0.1, 0.15) is 0 Å². The van der Waals surface area contributed by atoms with Crippen LogP contribution in [0.4, 0.5) is 0 Å². The molecule has 0 fully saturated rings. The van der Waals surface area contributed by atoms with Gasteiger partial charge in [0.2, 0.25) is 0 Å². The highest BCUT2D eigenvalue weighted by Gasteiger charge is 2.26. The molecule has 0 atom stereocenters. The standard InChI is InChI=1S/C30H51O3P/c1-6-11-13-15-17-19-22-28-25-30(26-34(31,32-9-4)33-10-5)29(24-27(28)21-8-3)23-20-18-16-14-12-7-2/h24-25H,6-7,9-20,22-23,26H2,1-5H3. The van der Waals surface area contributed by atoms with Gasteiger partial charge in [-0.15, -0.1) is 5.92 Å². The lowest BCUT2D eigenvalue weighted by molar-refractivity contribution is 0.219. The third kappa shape index (κ3) is 12.6. The summed E-state index contributed by atoms with van der Waals surface area (Å²) in [6.07, 6.45) is 17.6. The monoisotopic (exact) mass is 490 g/mol. The lowest BCUT2D eigenvalue weighted by Crippen LogP contribution is -2.05. The Kier molecular flexibility index (Phi) is 17.4. The highest BCUT2D eigenvalue weighted by molar-refractivity contribution is 7.53. The van der Waals surface area contributed by atoms with E-state index in [0.29, 0.717) is 19.4 Å². The minimum absolute atomic E-state index is 0.350. The van der Waals surface area contributed by atoms with E-state index in [-0.39, 0.29) is 0 Å². The zero-order valence-corrected chi connectivity index (χ0v) is 23.7. The lowest BCUT2D eigenvalue weighted by Gasteiger charge is -2.20. The van der Waals surface area contributed by atoms with Crippen molar-refractivity contribution in [2.75, 3.05) is 13.2 Å². The van der Waals surface area contributed by atoms with E-state index in [1.54, 1.807) is 0 Å². The average molecular weight is 491 g/mol. The third-order valence-electron chi connectivity index (χ3n) is 6.30. The van der Waals surface area contributed by atoms with Crippen LogP contribution in [-0.4, -0.2) is 13.2 Å². The van der Waals surface area contributed by atoms with Crippen LogP contribution in [0, 0.1) is 11.8 Å². The first-order chi connectivity index (χ1) is 16.5. The number of unbranched alkanes of at least 4 members (excludes halogenated alkanes) is 10. The molecule has 0 saturated carbocycles. The van der Waals surface area contributed by atoms with Gasteiger partial charge in [-0.25, -0.2) is 0 Å². The molecule has 0 heterocycles. The normalized spacial score (nSPS) is 11.4. The molecule has 1 rings (SSSR count). The molecule has 34 heavy (non-hydrogen) atoms. The van der Waals surface area contributed by atoms with Crippen LogP contribution in [0.15, 0.2) is 12.1 Å². The van der Waals surface area contributed by atoms with E-state index in [2.05, 4.69) is 37.8 Å². The second kappa shape index (κ2) is 19.2. The molecule has 1 aromatic carbocycles. The molecule has 0 N–H and O–H groups in total. The van der Waals surface area contributed by atoms with Crippen LogP contribution in [0.2, 0.25) is 0 Å². The fourth-order valence-electron chi connectivity index (χ4n) is 4.50. The smallest absolute Gasteiger partial charge is 0.309 e. The molecule has 0 aliphatic rings. The Morgan fingerprint density at radius 2 is 1.18 bits per heavy atom. The summed E-state index contributed by atoms with van der Waals surface area (Å²) in [5, 5.41) is 0. The summed E-state index contributed by atoms with van der Waals surface area (Å²) in [6.45, 7) is 11.0. The first-order valence-corrected chi connectivity index (χ1v) is 15.7. The zero-order chi connectivity index (χ0) is 25.1. The van der Waals surface area contributed by atoms with E-state index in [1.165, 1.54) is 81.8 Å². The summed E-state index contributed by atoms with van der Waals surface area (Å²) < 4.78 is 24.7. The van der Waals surface area contributed by atoms with Crippen molar-refractivity contribution in [2.45, 2.75) is 131 Å². The zero-order valence-electron chi connectivity index (χ0n) is 22.8. The molecule has 0 aliphatic carbocycles. The Bertz CT molecular complexity index is 765. The van der Waals surface area contributed by atoms with Gasteiger partial charge in [0.05, 0.1) is 19.4 Å². The SMILES string of the molecule is CC#Cc1cc(CCCCCCCC)c(CP(=O)(OCC)OCC)cc1CCCCCCCC. The number of benzene rings is 1. The summed E-state index contributed by atoms with van der Waals surface area (Å²) in [5.41, 5.74) is 4.82. The van der Waals surface area contributed by atoms with E-state index in [1.807, 2.05) is 20.8 Å². The van der Waals surface area contributed by atoms with Crippen molar-refractivity contribution in [1.29, 1.82) is 0 Å². The Morgan fingerprint density at radius 1 is 0.676 bits per heavy atom. The lowest BCUT2D eigenvalue weighted by atomic mass is 9.92. The van der Waals surface area contributed by atoms with Gasteiger partial charge in [-0.2, -0.15) is 0 Å².